The number of aryl methyl sites for hydroxylation is 1. The second-order valence-corrected chi connectivity index (χ2v) is 3.00. The van der Waals surface area contributed by atoms with Gasteiger partial charge in [0.25, 0.3) is 0 Å². The van der Waals surface area contributed by atoms with Crippen molar-refractivity contribution >= 4 is 5.82 Å². The van der Waals surface area contributed by atoms with Crippen molar-refractivity contribution in [2.45, 2.75) is 40.5 Å². The summed E-state index contributed by atoms with van der Waals surface area (Å²) in [5.41, 5.74) is 1.25. The SMILES string of the molecule is CC.CCCCNc1cc(C)ccn1. The Hall–Kier alpha value is -1.05. The van der Waals surface area contributed by atoms with Crippen molar-refractivity contribution < 1.29 is 0 Å². The summed E-state index contributed by atoms with van der Waals surface area (Å²) in [5.74, 6) is 0.989. The quantitative estimate of drug-likeness (QED) is 0.740. The van der Waals surface area contributed by atoms with Gasteiger partial charge in [0.2, 0.25) is 0 Å². The van der Waals surface area contributed by atoms with Gasteiger partial charge in [0.15, 0.2) is 0 Å². The Morgan fingerprint density at radius 1 is 1.36 bits per heavy atom. The number of rotatable bonds is 4. The first-order valence-electron chi connectivity index (χ1n) is 5.49. The zero-order chi connectivity index (χ0) is 10.8. The zero-order valence-corrected chi connectivity index (χ0v) is 9.80. The lowest BCUT2D eigenvalue weighted by molar-refractivity contribution is 0.831. The second-order valence-electron chi connectivity index (χ2n) is 3.00. The van der Waals surface area contributed by atoms with E-state index < -0.39 is 0 Å². The molecule has 2 nitrogen and oxygen atoms in total. The molecule has 2 heteroatoms. The van der Waals surface area contributed by atoms with Crippen LogP contribution in [0.2, 0.25) is 0 Å². The molecule has 0 unspecified atom stereocenters. The van der Waals surface area contributed by atoms with Crippen LogP contribution in [0.5, 0.6) is 0 Å². The molecule has 1 heterocycles. The predicted molar refractivity (Wildman–Crippen MR) is 63.7 cm³/mol. The van der Waals surface area contributed by atoms with E-state index in [1.807, 2.05) is 26.1 Å². The Morgan fingerprint density at radius 2 is 2.07 bits per heavy atom. The van der Waals surface area contributed by atoms with Gasteiger partial charge in [-0.15, -0.1) is 0 Å². The molecule has 0 bridgehead atoms. The molecule has 0 aromatic carbocycles. The molecular weight excluding hydrogens is 172 g/mol. The molecule has 0 aliphatic heterocycles. The summed E-state index contributed by atoms with van der Waals surface area (Å²) in [6, 6.07) is 4.07. The van der Waals surface area contributed by atoms with Gasteiger partial charge in [-0.25, -0.2) is 4.98 Å². The highest BCUT2D eigenvalue weighted by Gasteiger charge is 1.91. The van der Waals surface area contributed by atoms with E-state index >= 15 is 0 Å². The van der Waals surface area contributed by atoms with E-state index in [-0.39, 0.29) is 0 Å². The van der Waals surface area contributed by atoms with Crippen LogP contribution < -0.4 is 5.32 Å². The fraction of sp³-hybridized carbons (Fsp3) is 0.583. The second kappa shape index (κ2) is 8.54. The third-order valence-electron chi connectivity index (χ3n) is 1.75. The number of nitrogens with zero attached hydrogens (tertiary/aromatic N) is 1. The monoisotopic (exact) mass is 194 g/mol. The lowest BCUT2D eigenvalue weighted by Gasteiger charge is -2.03. The Bertz CT molecular complexity index is 234. The average Bonchev–Trinajstić information content (AvgIpc) is 2.21. The van der Waals surface area contributed by atoms with Crippen LogP contribution in [-0.2, 0) is 0 Å². The molecule has 80 valence electrons. The molecule has 1 aromatic heterocycles. The van der Waals surface area contributed by atoms with Crippen molar-refractivity contribution in [2.24, 2.45) is 0 Å². The van der Waals surface area contributed by atoms with Crippen LogP contribution in [0.15, 0.2) is 18.3 Å². The molecule has 0 aliphatic carbocycles. The molecule has 0 saturated heterocycles. The minimum absolute atomic E-state index is 0.989. The number of nitrogens with one attached hydrogen (secondary N) is 1. The number of unbranched alkanes of at least 4 members (excludes halogenated alkanes) is 1. The van der Waals surface area contributed by atoms with Crippen LogP contribution in [0.1, 0.15) is 39.2 Å². The van der Waals surface area contributed by atoms with Crippen LogP contribution in [0, 0.1) is 6.92 Å². The van der Waals surface area contributed by atoms with Crippen LogP contribution >= 0.6 is 0 Å². The summed E-state index contributed by atoms with van der Waals surface area (Å²) < 4.78 is 0. The Labute approximate surface area is 87.8 Å². The fourth-order valence-electron chi connectivity index (χ4n) is 1.03. The van der Waals surface area contributed by atoms with Gasteiger partial charge < -0.3 is 5.32 Å². The van der Waals surface area contributed by atoms with Gasteiger partial charge in [-0.05, 0) is 31.0 Å². The van der Waals surface area contributed by atoms with Gasteiger partial charge in [-0.2, -0.15) is 0 Å². The Kier molecular flexibility index (Phi) is 7.90. The number of hydrogen-bond donors (Lipinski definition) is 1. The van der Waals surface area contributed by atoms with Gasteiger partial charge in [0, 0.05) is 12.7 Å². The molecule has 0 fully saturated rings. The topological polar surface area (TPSA) is 24.9 Å². The molecule has 0 aliphatic rings. The number of hydrogen-bond acceptors (Lipinski definition) is 2. The van der Waals surface area contributed by atoms with Crippen molar-refractivity contribution in [1.29, 1.82) is 0 Å². The van der Waals surface area contributed by atoms with E-state index in [2.05, 4.69) is 30.2 Å². The molecule has 0 saturated carbocycles. The van der Waals surface area contributed by atoms with Gasteiger partial charge in [-0.3, -0.25) is 0 Å². The molecule has 0 spiro atoms. The maximum Gasteiger partial charge on any atom is 0.126 e. The largest absolute Gasteiger partial charge is 0.370 e. The summed E-state index contributed by atoms with van der Waals surface area (Å²) in [6.45, 7) is 9.28. The number of pyridine rings is 1. The van der Waals surface area contributed by atoms with Gasteiger partial charge >= 0.3 is 0 Å². The van der Waals surface area contributed by atoms with Crippen LogP contribution in [0.25, 0.3) is 0 Å². The standard InChI is InChI=1S/C10H16N2.C2H6/c1-3-4-6-11-10-8-9(2)5-7-12-10;1-2/h5,7-8H,3-4,6H2,1-2H3,(H,11,12);1-2H3. The fourth-order valence-corrected chi connectivity index (χ4v) is 1.03. The van der Waals surface area contributed by atoms with E-state index in [0.29, 0.717) is 0 Å². The van der Waals surface area contributed by atoms with Crippen molar-refractivity contribution in [3.63, 3.8) is 0 Å². The number of anilines is 1. The van der Waals surface area contributed by atoms with E-state index in [1.54, 1.807) is 0 Å². The molecule has 1 rings (SSSR count). The first-order valence-corrected chi connectivity index (χ1v) is 5.49. The van der Waals surface area contributed by atoms with Crippen molar-refractivity contribution in [3.8, 4) is 0 Å². The Balaban J connectivity index is 0.000000791. The van der Waals surface area contributed by atoms with Crippen molar-refractivity contribution in [1.82, 2.24) is 4.98 Å². The first-order chi connectivity index (χ1) is 6.83. The predicted octanol–water partition coefficient (Wildman–Crippen LogP) is 3.63. The molecule has 14 heavy (non-hydrogen) atoms. The molecular formula is C12H22N2. The summed E-state index contributed by atoms with van der Waals surface area (Å²) in [4.78, 5) is 4.20. The van der Waals surface area contributed by atoms with Gasteiger partial charge in [0.05, 0.1) is 0 Å². The third-order valence-corrected chi connectivity index (χ3v) is 1.75. The summed E-state index contributed by atoms with van der Waals surface area (Å²) in [6.07, 6.45) is 4.26. The molecule has 0 atom stereocenters. The lowest BCUT2D eigenvalue weighted by Crippen LogP contribution is -2.02. The van der Waals surface area contributed by atoms with Crippen LogP contribution in [0.4, 0.5) is 5.82 Å². The van der Waals surface area contributed by atoms with E-state index in [0.717, 1.165) is 12.4 Å². The van der Waals surface area contributed by atoms with Crippen molar-refractivity contribution in [2.75, 3.05) is 11.9 Å². The maximum absolute atomic E-state index is 4.20. The average molecular weight is 194 g/mol. The summed E-state index contributed by atoms with van der Waals surface area (Å²) in [5, 5.41) is 3.28. The first kappa shape index (κ1) is 12.9. The van der Waals surface area contributed by atoms with Crippen LogP contribution in [-0.4, -0.2) is 11.5 Å². The van der Waals surface area contributed by atoms with Gasteiger partial charge in [0.1, 0.15) is 5.82 Å². The number of aromatic nitrogens is 1. The zero-order valence-electron chi connectivity index (χ0n) is 9.80. The smallest absolute Gasteiger partial charge is 0.126 e. The molecule has 0 radical (unpaired) electrons. The maximum atomic E-state index is 4.20. The minimum Gasteiger partial charge on any atom is -0.370 e. The van der Waals surface area contributed by atoms with Gasteiger partial charge in [-0.1, -0.05) is 27.2 Å². The summed E-state index contributed by atoms with van der Waals surface area (Å²) >= 11 is 0. The third kappa shape index (κ3) is 5.57. The van der Waals surface area contributed by atoms with E-state index in [1.165, 1.54) is 18.4 Å². The molecule has 0 amide bonds. The lowest BCUT2D eigenvalue weighted by atomic mass is 10.3. The normalized spacial score (nSPS) is 8.86. The molecule has 1 N–H and O–H groups in total. The highest BCUT2D eigenvalue weighted by molar-refractivity contribution is 5.36. The highest BCUT2D eigenvalue weighted by Crippen LogP contribution is 2.04. The van der Waals surface area contributed by atoms with E-state index in [9.17, 15) is 0 Å². The van der Waals surface area contributed by atoms with E-state index in [4.69, 9.17) is 0 Å². The molecule has 1 aromatic rings. The highest BCUT2D eigenvalue weighted by atomic mass is 15.0. The minimum atomic E-state index is 0.989. The van der Waals surface area contributed by atoms with Crippen molar-refractivity contribution in [3.05, 3.63) is 23.9 Å². The Morgan fingerprint density at radius 3 is 2.64 bits per heavy atom. The summed E-state index contributed by atoms with van der Waals surface area (Å²) in [7, 11) is 0. The van der Waals surface area contributed by atoms with Crippen LogP contribution in [0.3, 0.4) is 0 Å².